The molecule has 2 aromatic rings. The number of aromatic nitrogens is 1. The van der Waals surface area contributed by atoms with Crippen molar-refractivity contribution in [3.05, 3.63) is 24.3 Å². The molecule has 1 fully saturated rings. The number of anilines is 1. The fraction of sp³-hybridized carbons (Fsp3) is 0.562. The summed E-state index contributed by atoms with van der Waals surface area (Å²) in [5, 5.41) is 2.62. The monoisotopic (exact) mass is 304 g/mol. The number of piperazine rings is 1. The highest BCUT2D eigenvalue weighted by Gasteiger charge is 2.24. The molecule has 0 bridgehead atoms. The van der Waals surface area contributed by atoms with Crippen LogP contribution in [0.25, 0.3) is 10.9 Å². The van der Waals surface area contributed by atoms with Gasteiger partial charge in [-0.2, -0.15) is 4.37 Å². The minimum atomic E-state index is 0.551. The van der Waals surface area contributed by atoms with Gasteiger partial charge in [0.1, 0.15) is 5.00 Å². The minimum Gasteiger partial charge on any atom is -0.359 e. The van der Waals surface area contributed by atoms with Gasteiger partial charge in [-0.15, -0.1) is 0 Å². The van der Waals surface area contributed by atoms with Gasteiger partial charge in [-0.25, -0.2) is 0 Å². The molecular weight excluding hydrogens is 280 g/mol. The predicted octanol–water partition coefficient (Wildman–Crippen LogP) is 2.55. The van der Waals surface area contributed by atoms with E-state index in [2.05, 4.69) is 45.4 Å². The summed E-state index contributed by atoms with van der Waals surface area (Å²) in [5.41, 5.74) is 7.05. The van der Waals surface area contributed by atoms with E-state index >= 15 is 0 Å². The fourth-order valence-corrected chi connectivity index (χ4v) is 4.09. The Balaban J connectivity index is 1.68. The number of hydrogen-bond donors (Lipinski definition) is 1. The van der Waals surface area contributed by atoms with Gasteiger partial charge in [-0.05, 0) is 30.1 Å². The first-order valence-electron chi connectivity index (χ1n) is 7.87. The topological polar surface area (TPSA) is 45.4 Å². The number of nitrogens with zero attached hydrogens (tertiary/aromatic N) is 3. The third-order valence-electron chi connectivity index (χ3n) is 4.38. The molecule has 1 aromatic heterocycles. The van der Waals surface area contributed by atoms with Crippen LogP contribution in [0.5, 0.6) is 0 Å². The molecule has 0 saturated carbocycles. The molecule has 5 heteroatoms. The van der Waals surface area contributed by atoms with Gasteiger partial charge >= 0.3 is 0 Å². The van der Waals surface area contributed by atoms with E-state index < -0.39 is 0 Å². The molecule has 0 aliphatic carbocycles. The zero-order chi connectivity index (χ0) is 14.7. The van der Waals surface area contributed by atoms with Crippen molar-refractivity contribution in [1.82, 2.24) is 9.27 Å². The molecule has 1 aromatic carbocycles. The second-order valence-corrected chi connectivity index (χ2v) is 6.46. The van der Waals surface area contributed by atoms with Gasteiger partial charge in [-0.1, -0.05) is 25.5 Å². The zero-order valence-corrected chi connectivity index (χ0v) is 13.5. The molecule has 2 N–H and O–H groups in total. The van der Waals surface area contributed by atoms with Crippen molar-refractivity contribution in [3.8, 4) is 0 Å². The lowest BCUT2D eigenvalue weighted by Crippen LogP contribution is -2.52. The van der Waals surface area contributed by atoms with E-state index in [1.165, 1.54) is 23.2 Å². The highest BCUT2D eigenvalue weighted by molar-refractivity contribution is 7.11. The van der Waals surface area contributed by atoms with Crippen LogP contribution >= 0.6 is 11.5 Å². The third-order valence-corrected chi connectivity index (χ3v) is 5.32. The molecule has 1 saturated heterocycles. The van der Waals surface area contributed by atoms with Crippen LogP contribution in [0.15, 0.2) is 24.3 Å². The van der Waals surface area contributed by atoms with E-state index in [0.717, 1.165) is 38.2 Å². The third kappa shape index (κ3) is 3.05. The molecule has 1 aliphatic heterocycles. The first-order chi connectivity index (χ1) is 10.3. The highest BCUT2D eigenvalue weighted by Crippen LogP contribution is 2.31. The molecule has 4 nitrogen and oxygen atoms in total. The number of rotatable bonds is 5. The van der Waals surface area contributed by atoms with Gasteiger partial charge in [0.05, 0.1) is 5.52 Å². The van der Waals surface area contributed by atoms with Gasteiger partial charge in [-0.3, -0.25) is 4.90 Å². The summed E-state index contributed by atoms with van der Waals surface area (Å²) in [5.74, 6) is 0. The summed E-state index contributed by atoms with van der Waals surface area (Å²) in [7, 11) is 0. The molecule has 0 amide bonds. The lowest BCUT2D eigenvalue weighted by molar-refractivity contribution is 0.180. The molecule has 1 unspecified atom stereocenters. The Morgan fingerprint density at radius 1 is 1.24 bits per heavy atom. The molecule has 1 aliphatic rings. The van der Waals surface area contributed by atoms with Crippen LogP contribution in [0.4, 0.5) is 5.00 Å². The summed E-state index contributed by atoms with van der Waals surface area (Å²) in [6.07, 6.45) is 2.42. The van der Waals surface area contributed by atoms with E-state index in [9.17, 15) is 0 Å². The van der Waals surface area contributed by atoms with Crippen LogP contribution in [-0.2, 0) is 0 Å². The maximum absolute atomic E-state index is 5.93. The lowest BCUT2D eigenvalue weighted by atomic mass is 10.1. The van der Waals surface area contributed by atoms with Gasteiger partial charge in [0.15, 0.2) is 0 Å². The van der Waals surface area contributed by atoms with Crippen molar-refractivity contribution in [1.29, 1.82) is 0 Å². The fourth-order valence-electron chi connectivity index (χ4n) is 3.18. The smallest absolute Gasteiger partial charge is 0.120 e. The Hall–Kier alpha value is -1.17. The molecule has 0 radical (unpaired) electrons. The van der Waals surface area contributed by atoms with Crippen LogP contribution in [0.1, 0.15) is 19.8 Å². The Morgan fingerprint density at radius 2 is 2.00 bits per heavy atom. The van der Waals surface area contributed by atoms with Gasteiger partial charge in [0.25, 0.3) is 0 Å². The maximum Gasteiger partial charge on any atom is 0.120 e. The van der Waals surface area contributed by atoms with E-state index in [1.807, 2.05) is 0 Å². The van der Waals surface area contributed by atoms with Crippen molar-refractivity contribution in [2.24, 2.45) is 5.73 Å². The van der Waals surface area contributed by atoms with Crippen molar-refractivity contribution < 1.29 is 0 Å². The second-order valence-electron chi connectivity index (χ2n) is 5.71. The van der Waals surface area contributed by atoms with E-state index in [1.54, 1.807) is 11.5 Å². The summed E-state index contributed by atoms with van der Waals surface area (Å²) in [6, 6.07) is 8.98. The zero-order valence-electron chi connectivity index (χ0n) is 12.7. The molecule has 21 heavy (non-hydrogen) atoms. The Morgan fingerprint density at radius 3 is 2.71 bits per heavy atom. The van der Waals surface area contributed by atoms with Gasteiger partial charge in [0.2, 0.25) is 0 Å². The average molecular weight is 304 g/mol. The van der Waals surface area contributed by atoms with Gasteiger partial charge in [0, 0.05) is 44.2 Å². The minimum absolute atomic E-state index is 0.551. The van der Waals surface area contributed by atoms with Crippen molar-refractivity contribution in [3.63, 3.8) is 0 Å². The van der Waals surface area contributed by atoms with Crippen LogP contribution in [0, 0.1) is 0 Å². The Labute approximate surface area is 130 Å². The Kier molecular flexibility index (Phi) is 4.73. The van der Waals surface area contributed by atoms with Crippen LogP contribution in [0.2, 0.25) is 0 Å². The standard InChI is InChI=1S/C16H24N4S/c1-2-5-13(12-17)19-8-10-20(11-9-19)16-14-6-3-4-7-15(14)18-21-16/h3-4,6-7,13H,2,5,8-12,17H2,1H3. The van der Waals surface area contributed by atoms with E-state index in [0.29, 0.717) is 6.04 Å². The van der Waals surface area contributed by atoms with Crippen LogP contribution in [-0.4, -0.2) is 48.0 Å². The number of fused-ring (bicyclic) bond motifs is 1. The van der Waals surface area contributed by atoms with E-state index in [-0.39, 0.29) is 0 Å². The number of nitrogens with two attached hydrogens (primary N) is 1. The maximum atomic E-state index is 5.93. The van der Waals surface area contributed by atoms with Gasteiger partial charge < -0.3 is 10.6 Å². The summed E-state index contributed by atoms with van der Waals surface area (Å²) in [4.78, 5) is 5.04. The average Bonchev–Trinajstić information content (AvgIpc) is 2.97. The molecule has 2 heterocycles. The molecule has 114 valence electrons. The van der Waals surface area contributed by atoms with Crippen molar-refractivity contribution >= 4 is 27.4 Å². The summed E-state index contributed by atoms with van der Waals surface area (Å²) >= 11 is 1.63. The first-order valence-corrected chi connectivity index (χ1v) is 8.64. The predicted molar refractivity (Wildman–Crippen MR) is 91.2 cm³/mol. The number of benzene rings is 1. The SMILES string of the molecule is CCCC(CN)N1CCN(c2snc3ccccc23)CC1. The van der Waals surface area contributed by atoms with Crippen molar-refractivity contribution in [2.45, 2.75) is 25.8 Å². The summed E-state index contributed by atoms with van der Waals surface area (Å²) < 4.78 is 4.56. The quantitative estimate of drug-likeness (QED) is 0.922. The largest absolute Gasteiger partial charge is 0.359 e. The normalized spacial score (nSPS) is 18.3. The van der Waals surface area contributed by atoms with E-state index in [4.69, 9.17) is 5.73 Å². The molecular formula is C16H24N4S. The molecule has 0 spiro atoms. The summed E-state index contributed by atoms with van der Waals surface area (Å²) in [6.45, 7) is 7.38. The highest BCUT2D eigenvalue weighted by atomic mass is 32.1. The molecule has 3 rings (SSSR count). The van der Waals surface area contributed by atoms with Crippen LogP contribution in [0.3, 0.4) is 0 Å². The van der Waals surface area contributed by atoms with Crippen molar-refractivity contribution in [2.75, 3.05) is 37.6 Å². The number of hydrogen-bond acceptors (Lipinski definition) is 5. The lowest BCUT2D eigenvalue weighted by Gasteiger charge is -2.39. The second kappa shape index (κ2) is 6.73. The molecule has 1 atom stereocenters. The van der Waals surface area contributed by atoms with Crippen LogP contribution < -0.4 is 10.6 Å². The first kappa shape index (κ1) is 14.8. The Bertz CT molecular complexity index is 574.